The zero-order chi connectivity index (χ0) is 6.32. The van der Waals surface area contributed by atoms with Crippen molar-refractivity contribution in [1.29, 1.82) is 0 Å². The van der Waals surface area contributed by atoms with Gasteiger partial charge in [-0.05, 0) is 7.05 Å². The van der Waals surface area contributed by atoms with Gasteiger partial charge in [-0.15, -0.1) is 0 Å². The summed E-state index contributed by atoms with van der Waals surface area (Å²) >= 11 is 0. The second-order valence-corrected chi connectivity index (χ2v) is 2.68. The Morgan fingerprint density at radius 1 is 1.56 bits per heavy atom. The maximum atomic E-state index is 5.33. The van der Waals surface area contributed by atoms with Crippen LogP contribution in [0.25, 0.3) is 0 Å². The Hall–Kier alpha value is -0.120. The predicted molar refractivity (Wildman–Crippen MR) is 31.6 cm³/mol. The van der Waals surface area contributed by atoms with E-state index in [1.807, 2.05) is 0 Å². The molecule has 0 aromatic rings. The molecule has 0 atom stereocenters. The molecule has 2 aliphatic rings. The molecule has 0 bridgehead atoms. The van der Waals surface area contributed by atoms with E-state index in [1.54, 1.807) is 6.61 Å². The molecule has 51 valence electrons. The summed E-state index contributed by atoms with van der Waals surface area (Å²) in [5, 5.41) is 0. The van der Waals surface area contributed by atoms with E-state index in [9.17, 15) is 0 Å². The Balaban J connectivity index is 1.95. The third-order valence-electron chi connectivity index (χ3n) is 1.73. The van der Waals surface area contributed by atoms with E-state index in [0.717, 1.165) is 13.1 Å². The molecule has 2 saturated heterocycles. The van der Waals surface area contributed by atoms with Crippen molar-refractivity contribution in [1.82, 2.24) is 4.90 Å². The molecular weight excluding hydrogens is 118 g/mol. The third kappa shape index (κ3) is 0.764. The van der Waals surface area contributed by atoms with E-state index >= 15 is 0 Å². The van der Waals surface area contributed by atoms with Crippen LogP contribution in [0.5, 0.6) is 0 Å². The minimum atomic E-state index is -0.241. The number of likely N-dealkylation sites (N-methyl/N-ethyl adjacent to an activating group) is 1. The zero-order valence-corrected chi connectivity index (χ0v) is 5.46. The molecule has 2 heterocycles. The van der Waals surface area contributed by atoms with Crippen molar-refractivity contribution in [3.05, 3.63) is 6.61 Å². The van der Waals surface area contributed by atoms with Gasteiger partial charge in [0.25, 0.3) is 0 Å². The molecule has 2 fully saturated rings. The number of rotatable bonds is 0. The lowest BCUT2D eigenvalue weighted by molar-refractivity contribution is -0.226. The lowest BCUT2D eigenvalue weighted by atomic mass is 10.1. The number of likely N-dealkylation sites (tertiary alicyclic amines) is 1. The molecular formula is C6H10NO2. The molecule has 3 nitrogen and oxygen atoms in total. The number of hydrogen-bond donors (Lipinski definition) is 0. The lowest BCUT2D eigenvalue weighted by Crippen LogP contribution is -2.60. The summed E-state index contributed by atoms with van der Waals surface area (Å²) in [5.41, 5.74) is 0. The van der Waals surface area contributed by atoms with Gasteiger partial charge in [-0.1, -0.05) is 0 Å². The highest BCUT2D eigenvalue weighted by atomic mass is 16.7. The summed E-state index contributed by atoms with van der Waals surface area (Å²) in [5.74, 6) is -0.241. The van der Waals surface area contributed by atoms with Gasteiger partial charge in [0.15, 0.2) is 5.79 Å². The fraction of sp³-hybridized carbons (Fsp3) is 0.833. The van der Waals surface area contributed by atoms with Gasteiger partial charge in [-0.2, -0.15) is 0 Å². The van der Waals surface area contributed by atoms with Crippen LogP contribution in [0.2, 0.25) is 0 Å². The molecule has 0 aromatic carbocycles. The van der Waals surface area contributed by atoms with Crippen LogP contribution in [0, 0.1) is 6.61 Å². The van der Waals surface area contributed by atoms with Gasteiger partial charge in [0.1, 0.15) is 6.61 Å². The predicted octanol–water partition coefficient (Wildman–Crippen LogP) is -0.163. The first-order valence-corrected chi connectivity index (χ1v) is 3.13. The Bertz CT molecular complexity index is 112. The summed E-state index contributed by atoms with van der Waals surface area (Å²) < 4.78 is 10.6. The van der Waals surface area contributed by atoms with Gasteiger partial charge in [0.05, 0.1) is 19.7 Å². The Morgan fingerprint density at radius 2 is 2.33 bits per heavy atom. The summed E-state index contributed by atoms with van der Waals surface area (Å²) in [6, 6.07) is 0. The first-order chi connectivity index (χ1) is 4.31. The first-order valence-electron chi connectivity index (χ1n) is 3.13. The van der Waals surface area contributed by atoms with Crippen LogP contribution in [0.3, 0.4) is 0 Å². The standard InChI is InChI=1S/C6H10NO2/c1-7-4-6(5-7)8-2-3-9-6/h2H,3-5H2,1H3. The topological polar surface area (TPSA) is 21.7 Å². The highest BCUT2D eigenvalue weighted by Gasteiger charge is 2.46. The molecule has 2 rings (SSSR count). The largest absolute Gasteiger partial charge is 0.345 e. The molecule has 0 aliphatic carbocycles. The van der Waals surface area contributed by atoms with Gasteiger partial charge < -0.3 is 9.47 Å². The Morgan fingerprint density at radius 3 is 2.78 bits per heavy atom. The molecule has 2 aliphatic heterocycles. The Kier molecular flexibility index (Phi) is 1.06. The van der Waals surface area contributed by atoms with Crippen molar-refractivity contribution in [2.75, 3.05) is 26.7 Å². The monoisotopic (exact) mass is 128 g/mol. The van der Waals surface area contributed by atoms with E-state index in [2.05, 4.69) is 11.9 Å². The molecule has 1 spiro atoms. The number of ether oxygens (including phenoxy) is 2. The van der Waals surface area contributed by atoms with Crippen molar-refractivity contribution in [3.63, 3.8) is 0 Å². The number of hydrogen-bond acceptors (Lipinski definition) is 3. The van der Waals surface area contributed by atoms with Gasteiger partial charge >= 0.3 is 0 Å². The second kappa shape index (κ2) is 1.68. The van der Waals surface area contributed by atoms with Crippen molar-refractivity contribution in [3.8, 4) is 0 Å². The van der Waals surface area contributed by atoms with Crippen molar-refractivity contribution in [2.24, 2.45) is 0 Å². The highest BCUT2D eigenvalue weighted by molar-refractivity contribution is 4.91. The van der Waals surface area contributed by atoms with Gasteiger partial charge in [0, 0.05) is 0 Å². The maximum absolute atomic E-state index is 5.33. The van der Waals surface area contributed by atoms with Crippen molar-refractivity contribution < 1.29 is 9.47 Å². The summed E-state index contributed by atoms with van der Waals surface area (Å²) in [7, 11) is 2.05. The van der Waals surface area contributed by atoms with Crippen LogP contribution in [0.4, 0.5) is 0 Å². The number of nitrogens with zero attached hydrogens (tertiary/aromatic N) is 1. The fourth-order valence-corrected chi connectivity index (χ4v) is 1.35. The minimum Gasteiger partial charge on any atom is -0.345 e. The fourth-order valence-electron chi connectivity index (χ4n) is 1.35. The molecule has 0 amide bonds. The first kappa shape index (κ1) is 5.65. The molecule has 3 heteroatoms. The maximum Gasteiger partial charge on any atom is 0.194 e. The van der Waals surface area contributed by atoms with Crippen LogP contribution >= 0.6 is 0 Å². The van der Waals surface area contributed by atoms with Gasteiger partial charge in [-0.3, -0.25) is 4.90 Å². The summed E-state index contributed by atoms with van der Waals surface area (Å²) in [6.45, 7) is 4.19. The van der Waals surface area contributed by atoms with Crippen molar-refractivity contribution >= 4 is 0 Å². The quantitative estimate of drug-likeness (QED) is 0.452. The van der Waals surface area contributed by atoms with Crippen LogP contribution in [-0.2, 0) is 9.47 Å². The van der Waals surface area contributed by atoms with Crippen molar-refractivity contribution in [2.45, 2.75) is 5.79 Å². The van der Waals surface area contributed by atoms with Crippen LogP contribution < -0.4 is 0 Å². The van der Waals surface area contributed by atoms with Gasteiger partial charge in [-0.25, -0.2) is 0 Å². The molecule has 9 heavy (non-hydrogen) atoms. The summed E-state index contributed by atoms with van der Waals surface area (Å²) in [6.07, 6.45) is 0. The molecule has 0 N–H and O–H groups in total. The smallest absolute Gasteiger partial charge is 0.194 e. The van der Waals surface area contributed by atoms with Crippen LogP contribution in [0.15, 0.2) is 0 Å². The van der Waals surface area contributed by atoms with E-state index in [-0.39, 0.29) is 5.79 Å². The highest BCUT2D eigenvalue weighted by Crippen LogP contribution is 2.30. The molecule has 0 aromatic heterocycles. The normalized spacial score (nSPS) is 33.0. The third-order valence-corrected chi connectivity index (χ3v) is 1.73. The lowest BCUT2D eigenvalue weighted by Gasteiger charge is -2.43. The van der Waals surface area contributed by atoms with E-state index in [0.29, 0.717) is 6.61 Å². The molecule has 1 radical (unpaired) electrons. The summed E-state index contributed by atoms with van der Waals surface area (Å²) in [4.78, 5) is 2.17. The minimum absolute atomic E-state index is 0.241. The van der Waals surface area contributed by atoms with E-state index in [4.69, 9.17) is 9.47 Å². The molecule has 0 saturated carbocycles. The Labute approximate surface area is 54.5 Å². The zero-order valence-electron chi connectivity index (χ0n) is 5.46. The van der Waals surface area contributed by atoms with E-state index < -0.39 is 0 Å². The molecule has 0 unspecified atom stereocenters. The van der Waals surface area contributed by atoms with E-state index in [1.165, 1.54) is 0 Å². The van der Waals surface area contributed by atoms with Gasteiger partial charge in [0.2, 0.25) is 0 Å². The SMILES string of the molecule is CN1CC2(C1)O[CH]CO2. The second-order valence-electron chi connectivity index (χ2n) is 2.68. The van der Waals surface area contributed by atoms with Crippen LogP contribution in [-0.4, -0.2) is 37.4 Å². The average Bonchev–Trinajstić information content (AvgIpc) is 2.12. The average molecular weight is 128 g/mol. The van der Waals surface area contributed by atoms with Crippen LogP contribution in [0.1, 0.15) is 0 Å².